The highest BCUT2D eigenvalue weighted by Crippen LogP contribution is 2.31. The normalized spacial score (nSPS) is 15.7. The van der Waals surface area contributed by atoms with Gasteiger partial charge in [-0.25, -0.2) is 9.97 Å². The second-order valence-electron chi connectivity index (χ2n) is 7.65. The van der Waals surface area contributed by atoms with Gasteiger partial charge >= 0.3 is 0 Å². The van der Waals surface area contributed by atoms with Crippen LogP contribution in [-0.2, 0) is 7.05 Å². The van der Waals surface area contributed by atoms with E-state index in [-0.39, 0.29) is 19.2 Å². The van der Waals surface area contributed by atoms with Crippen LogP contribution in [0.15, 0.2) is 41.4 Å². The lowest BCUT2D eigenvalue weighted by molar-refractivity contribution is 0.102. The van der Waals surface area contributed by atoms with Crippen LogP contribution < -0.4 is 10.2 Å². The number of fused-ring (bicyclic) bond motifs is 1. The van der Waals surface area contributed by atoms with Crippen molar-refractivity contribution < 1.29 is 14.3 Å². The predicted octanol–water partition coefficient (Wildman–Crippen LogP) is 2.26. The van der Waals surface area contributed by atoms with Crippen LogP contribution in [0.4, 0.5) is 11.5 Å². The lowest BCUT2D eigenvalue weighted by Crippen LogP contribution is -2.24. The molecule has 1 amide bonds. The number of nitrogens with zero attached hydrogens (tertiary/aromatic N) is 6. The van der Waals surface area contributed by atoms with Crippen LogP contribution in [0.2, 0.25) is 0 Å². The number of aromatic nitrogens is 5. The molecule has 166 valence electrons. The van der Waals surface area contributed by atoms with Crippen LogP contribution in [0.3, 0.4) is 0 Å². The summed E-state index contributed by atoms with van der Waals surface area (Å²) in [5.41, 5.74) is 2.94. The van der Waals surface area contributed by atoms with Gasteiger partial charge < -0.3 is 19.7 Å². The number of aliphatic hydroxyl groups excluding tert-OH is 1. The quantitative estimate of drug-likeness (QED) is 0.483. The summed E-state index contributed by atoms with van der Waals surface area (Å²) in [5, 5.41) is 18.0. The third-order valence-electron chi connectivity index (χ3n) is 5.29. The van der Waals surface area contributed by atoms with Crippen molar-refractivity contribution in [3.05, 3.63) is 48.2 Å². The first-order chi connectivity index (χ1) is 15.0. The van der Waals surface area contributed by atoms with E-state index in [4.69, 9.17) is 4.42 Å². The van der Waals surface area contributed by atoms with Gasteiger partial charge in [-0.15, -0.1) is 0 Å². The molecule has 1 atom stereocenters. The SMILES string of the molecule is Cc1cnccc1-c1nc(C(=O)Nc2cc3cn(C)nc3nc2N2CC[C@H](O)C2)co1.S. The molecular formula is C21H23N7O3S. The van der Waals surface area contributed by atoms with E-state index in [0.717, 1.165) is 16.5 Å². The monoisotopic (exact) mass is 453 g/mol. The number of hydrogen-bond donors (Lipinski definition) is 2. The van der Waals surface area contributed by atoms with E-state index in [0.29, 0.717) is 42.6 Å². The minimum absolute atomic E-state index is 0. The Bertz CT molecular complexity index is 1290. The van der Waals surface area contributed by atoms with Crippen molar-refractivity contribution >= 4 is 41.9 Å². The van der Waals surface area contributed by atoms with E-state index in [1.807, 2.05) is 31.1 Å². The Morgan fingerprint density at radius 1 is 1.34 bits per heavy atom. The largest absolute Gasteiger partial charge is 0.444 e. The molecule has 0 spiro atoms. The number of β-amino-alcohol motifs (C(OH)–C–C–N with tert-alkyl or cyclic N) is 1. The Morgan fingerprint density at radius 3 is 2.94 bits per heavy atom. The van der Waals surface area contributed by atoms with Gasteiger partial charge in [-0.3, -0.25) is 14.5 Å². The van der Waals surface area contributed by atoms with Crippen molar-refractivity contribution in [2.75, 3.05) is 23.3 Å². The van der Waals surface area contributed by atoms with Gasteiger partial charge in [-0.2, -0.15) is 18.6 Å². The van der Waals surface area contributed by atoms with Gasteiger partial charge in [-0.05, 0) is 31.0 Å². The fourth-order valence-electron chi connectivity index (χ4n) is 3.73. The maximum atomic E-state index is 13.0. The standard InChI is InChI=1S/C21H21N7O3.H2S/c1-12-8-22-5-3-15(12)21-24-17(11-31-21)20(30)23-16-7-13-9-27(2)26-18(13)25-19(16)28-6-4-14(29)10-28;/h3,5,7-9,11,14,29H,4,6,10H2,1-2H3,(H,23,30);1H2/t14-;/m0./s1. The number of oxazole rings is 1. The van der Waals surface area contributed by atoms with E-state index < -0.39 is 12.0 Å². The Morgan fingerprint density at radius 2 is 2.19 bits per heavy atom. The molecule has 1 aliphatic heterocycles. The van der Waals surface area contributed by atoms with Crippen molar-refractivity contribution in [1.29, 1.82) is 0 Å². The van der Waals surface area contributed by atoms with Crippen LogP contribution in [0.25, 0.3) is 22.5 Å². The average molecular weight is 454 g/mol. The Hall–Kier alpha value is -3.44. The van der Waals surface area contributed by atoms with E-state index >= 15 is 0 Å². The first-order valence-electron chi connectivity index (χ1n) is 9.93. The van der Waals surface area contributed by atoms with Crippen LogP contribution in [0.5, 0.6) is 0 Å². The molecule has 0 saturated carbocycles. The van der Waals surface area contributed by atoms with Crippen molar-refractivity contribution in [2.24, 2.45) is 7.05 Å². The average Bonchev–Trinajstić information content (AvgIpc) is 3.46. The predicted molar refractivity (Wildman–Crippen MR) is 124 cm³/mol. The molecule has 0 unspecified atom stereocenters. The molecule has 10 nitrogen and oxygen atoms in total. The number of carbonyl (C=O) groups is 1. The minimum Gasteiger partial charge on any atom is -0.444 e. The zero-order valence-corrected chi connectivity index (χ0v) is 18.6. The number of nitrogens with one attached hydrogen (secondary N) is 1. The summed E-state index contributed by atoms with van der Waals surface area (Å²) in [7, 11) is 1.82. The van der Waals surface area contributed by atoms with Gasteiger partial charge in [0.25, 0.3) is 5.91 Å². The highest BCUT2D eigenvalue weighted by atomic mass is 32.1. The fraction of sp³-hybridized carbons (Fsp3) is 0.286. The molecule has 4 aromatic rings. The van der Waals surface area contributed by atoms with Crippen molar-refractivity contribution in [3.8, 4) is 11.5 Å². The number of pyridine rings is 2. The van der Waals surface area contributed by atoms with Crippen LogP contribution in [-0.4, -0.2) is 54.9 Å². The number of carbonyl (C=O) groups excluding carboxylic acids is 1. The zero-order chi connectivity index (χ0) is 21.5. The number of aliphatic hydroxyl groups is 1. The summed E-state index contributed by atoms with van der Waals surface area (Å²) < 4.78 is 7.21. The lowest BCUT2D eigenvalue weighted by atomic mass is 10.1. The number of amides is 1. The highest BCUT2D eigenvalue weighted by Gasteiger charge is 2.26. The van der Waals surface area contributed by atoms with E-state index in [2.05, 4.69) is 25.4 Å². The summed E-state index contributed by atoms with van der Waals surface area (Å²) in [4.78, 5) is 28.0. The first-order valence-corrected chi connectivity index (χ1v) is 9.93. The van der Waals surface area contributed by atoms with Gasteiger partial charge in [0.05, 0.1) is 11.8 Å². The van der Waals surface area contributed by atoms with Gasteiger partial charge in [0, 0.05) is 49.7 Å². The van der Waals surface area contributed by atoms with E-state index in [9.17, 15) is 9.90 Å². The smallest absolute Gasteiger partial charge is 0.277 e. The summed E-state index contributed by atoms with van der Waals surface area (Å²) in [6, 6.07) is 3.63. The lowest BCUT2D eigenvalue weighted by Gasteiger charge is -2.20. The topological polar surface area (TPSA) is 122 Å². The number of anilines is 2. The van der Waals surface area contributed by atoms with Crippen LogP contribution >= 0.6 is 13.5 Å². The summed E-state index contributed by atoms with van der Waals surface area (Å²) in [6.45, 7) is 2.99. The Kier molecular flexibility index (Phi) is 5.85. The van der Waals surface area contributed by atoms with Gasteiger partial charge in [0.2, 0.25) is 5.89 Å². The molecule has 0 aromatic carbocycles. The van der Waals surface area contributed by atoms with E-state index in [1.165, 1.54) is 6.26 Å². The molecule has 0 bridgehead atoms. The maximum absolute atomic E-state index is 13.0. The van der Waals surface area contributed by atoms with Gasteiger partial charge in [0.15, 0.2) is 17.2 Å². The summed E-state index contributed by atoms with van der Waals surface area (Å²) in [5.74, 6) is 0.520. The number of rotatable bonds is 4. The number of aryl methyl sites for hydroxylation is 2. The molecular weight excluding hydrogens is 430 g/mol. The van der Waals surface area contributed by atoms with E-state index in [1.54, 1.807) is 23.1 Å². The molecule has 32 heavy (non-hydrogen) atoms. The maximum Gasteiger partial charge on any atom is 0.277 e. The minimum atomic E-state index is -0.425. The second kappa shape index (κ2) is 8.60. The molecule has 0 radical (unpaired) electrons. The fourth-order valence-corrected chi connectivity index (χ4v) is 3.73. The third-order valence-corrected chi connectivity index (χ3v) is 5.29. The first kappa shape index (κ1) is 21.8. The van der Waals surface area contributed by atoms with Crippen molar-refractivity contribution in [3.63, 3.8) is 0 Å². The molecule has 1 aliphatic rings. The Labute approximate surface area is 190 Å². The highest BCUT2D eigenvalue weighted by molar-refractivity contribution is 7.59. The molecule has 2 N–H and O–H groups in total. The number of hydrogen-bond acceptors (Lipinski definition) is 8. The second-order valence-corrected chi connectivity index (χ2v) is 7.65. The molecule has 1 saturated heterocycles. The Balaban J connectivity index is 0.00000245. The van der Waals surface area contributed by atoms with Crippen molar-refractivity contribution in [1.82, 2.24) is 24.7 Å². The van der Waals surface area contributed by atoms with Crippen LogP contribution in [0.1, 0.15) is 22.5 Å². The van der Waals surface area contributed by atoms with Crippen molar-refractivity contribution in [2.45, 2.75) is 19.4 Å². The third kappa shape index (κ3) is 4.04. The molecule has 4 aromatic heterocycles. The summed E-state index contributed by atoms with van der Waals surface area (Å²) in [6.07, 6.45) is 6.75. The molecule has 1 fully saturated rings. The van der Waals surface area contributed by atoms with Gasteiger partial charge in [0.1, 0.15) is 6.26 Å². The summed E-state index contributed by atoms with van der Waals surface area (Å²) >= 11 is 0. The molecule has 5 heterocycles. The molecule has 0 aliphatic carbocycles. The van der Waals surface area contributed by atoms with Crippen LogP contribution in [0, 0.1) is 6.92 Å². The zero-order valence-electron chi connectivity index (χ0n) is 17.6. The molecule has 11 heteroatoms. The van der Waals surface area contributed by atoms with Gasteiger partial charge in [-0.1, -0.05) is 0 Å². The molecule has 5 rings (SSSR count).